The van der Waals surface area contributed by atoms with Crippen molar-refractivity contribution in [1.82, 2.24) is 86.7 Å². The van der Waals surface area contributed by atoms with Crippen molar-refractivity contribution < 1.29 is 54.0 Å². The van der Waals surface area contributed by atoms with E-state index in [4.69, 9.17) is 15.3 Å². The molecule has 0 saturated carbocycles. The second-order valence-corrected chi connectivity index (χ2v) is 35.9. The van der Waals surface area contributed by atoms with Gasteiger partial charge in [-0.1, -0.05) is 160 Å². The fraction of sp³-hybridized carbons (Fsp3) is 0.234. The normalized spacial score (nSPS) is 15.4. The van der Waals surface area contributed by atoms with E-state index in [0.717, 1.165) is 78.4 Å². The molecule has 0 aliphatic carbocycles. The average molecular weight is 1670 g/mol. The maximum atomic E-state index is 12.9. The van der Waals surface area contributed by atoms with Crippen molar-refractivity contribution in [3.63, 3.8) is 0 Å². The molecule has 117 heavy (non-hydrogen) atoms. The van der Waals surface area contributed by atoms with Gasteiger partial charge >= 0.3 is 66.8 Å². The number of pyridine rings is 1. The second-order valence-electron chi connectivity index (χ2n) is 30.3. The number of urea groups is 6. The van der Waals surface area contributed by atoms with Crippen LogP contribution in [-0.2, 0) is 66.5 Å². The molecule has 9 heterocycles. The molecule has 3 aliphatic rings. The number of hydrogen-bond acceptors (Lipinski definition) is 18. The van der Waals surface area contributed by atoms with Crippen LogP contribution in [0.15, 0.2) is 194 Å². The number of aromatic nitrogens is 9. The van der Waals surface area contributed by atoms with E-state index in [1.165, 1.54) is 32.5 Å². The molecule has 12 aromatic rings. The molecule has 0 atom stereocenters. The minimum Gasteiger partial charge on any atom is -0.361 e. The summed E-state index contributed by atoms with van der Waals surface area (Å²) in [6.45, 7) is 18.1. The first-order valence-electron chi connectivity index (χ1n) is 36.2. The van der Waals surface area contributed by atoms with E-state index in [1.807, 2.05) is 191 Å². The number of aromatic amines is 1. The van der Waals surface area contributed by atoms with Gasteiger partial charge in [0.25, 0.3) is 0 Å². The highest BCUT2D eigenvalue weighted by atomic mass is 32.2. The van der Waals surface area contributed by atoms with E-state index >= 15 is 0 Å². The van der Waals surface area contributed by atoms with Crippen LogP contribution in [0.1, 0.15) is 96.1 Å². The van der Waals surface area contributed by atoms with E-state index in [2.05, 4.69) is 46.9 Å². The molecular weight excluding hydrogens is 1580 g/mol. The van der Waals surface area contributed by atoms with Crippen LogP contribution in [0.5, 0.6) is 0 Å². The third-order valence-corrected chi connectivity index (χ3v) is 23.3. The highest BCUT2D eigenvalue weighted by Crippen LogP contribution is 2.33. The summed E-state index contributed by atoms with van der Waals surface area (Å²) in [6, 6.07) is 51.5. The van der Waals surface area contributed by atoms with Gasteiger partial charge in [0.2, 0.25) is 0 Å². The lowest BCUT2D eigenvalue weighted by Gasteiger charge is -2.20. The number of benzene rings is 6. The number of carbonyl (C=O) groups is 6. The molecule has 40 heteroatoms. The quantitative estimate of drug-likeness (QED) is 0.0429. The maximum Gasteiger partial charge on any atom is 0.347 e. The van der Waals surface area contributed by atoms with E-state index in [0.29, 0.717) is 67.8 Å². The topological polar surface area (TPSA) is 428 Å². The van der Waals surface area contributed by atoms with Crippen molar-refractivity contribution >= 4 is 134 Å². The number of fused-ring (bicyclic) bond motifs is 2. The monoisotopic (exact) mass is 1660 g/mol. The third-order valence-electron chi connectivity index (χ3n) is 18.5. The summed E-state index contributed by atoms with van der Waals surface area (Å²) < 4.78 is 86.8. The van der Waals surface area contributed by atoms with Gasteiger partial charge in [0.05, 0.1) is 65.0 Å². The number of nitrogens with one attached hydrogen (secondary N) is 10. The second kappa shape index (κ2) is 32.3. The van der Waals surface area contributed by atoms with Gasteiger partial charge in [-0.15, -0.1) is 11.3 Å². The standard InChI is InChI=1S/C26H28N8O4S2.C26H28N8O4S.C25H28N8O4S/c1-26(2,3)21-14-22(28-23(35)29-24-27-20(16-39-24)18-8-6-5-7-9-18)34(30-21)19-12-10-17(11-13-19)15-33-32(4)25(36)31-40(33,37)38;1-26(2,3)21-15-23(29-24(35)28-22-14-11-18-7-5-6-8-20(18)27-22)34(30-21)19-12-9-17(10-13-19)16-33-32(4)25(36)31-39(33,37)38;1-25(2,3)21-14-22(28-23(34)27-18-7-10-20-17(13-18)11-12-26-20)33(29-21)19-8-5-16(6-9-19)15-32-31(4)24(35)30-38(32,36)37/h5-14,16H,15H2,1-4H3,(H,31,36)(H2,27,28,29,35);5-15H,16H2,1-4H3,(H,31,36)(H2,27,28,29,35);5-14,26H,15H2,1-4H3,(H,30,35)(H2,27,28,34). The zero-order chi connectivity index (χ0) is 83.8. The van der Waals surface area contributed by atoms with Crippen molar-refractivity contribution in [2.75, 3.05) is 53.0 Å². The molecule has 0 bridgehead atoms. The largest absolute Gasteiger partial charge is 0.361 e. The Bertz CT molecular complexity index is 6150. The molecule has 12 amide bonds. The third kappa shape index (κ3) is 18.8. The number of thiazole rings is 1. The first kappa shape index (κ1) is 81.9. The number of carbonyl (C=O) groups excluding carboxylic acids is 6. The molecule has 3 fully saturated rings. The Morgan fingerprint density at radius 1 is 0.419 bits per heavy atom. The minimum absolute atomic E-state index is 0.0246. The molecule has 0 spiro atoms. The molecular formula is C77H84N24O12S4. The lowest BCUT2D eigenvalue weighted by Crippen LogP contribution is -2.36. The van der Waals surface area contributed by atoms with Crippen LogP contribution in [0.2, 0.25) is 0 Å². The summed E-state index contributed by atoms with van der Waals surface area (Å²) in [5.41, 5.74) is 9.54. The van der Waals surface area contributed by atoms with Gasteiger partial charge in [-0.05, 0) is 95.6 Å². The van der Waals surface area contributed by atoms with E-state index in [-0.39, 0.29) is 35.9 Å². The van der Waals surface area contributed by atoms with Crippen LogP contribution >= 0.6 is 11.3 Å². The van der Waals surface area contributed by atoms with Gasteiger partial charge in [-0.3, -0.25) is 26.6 Å². The average Bonchev–Trinajstić information content (AvgIpc) is 1.66. The van der Waals surface area contributed by atoms with Crippen LogP contribution in [0.4, 0.5) is 62.9 Å². The summed E-state index contributed by atoms with van der Waals surface area (Å²) in [5.74, 6) is 1.78. The van der Waals surface area contributed by atoms with Crippen molar-refractivity contribution in [3.8, 4) is 28.3 Å². The number of hydrazine groups is 3. The number of H-pyrrole nitrogens is 1. The highest BCUT2D eigenvalue weighted by Gasteiger charge is 2.42. The van der Waals surface area contributed by atoms with Crippen molar-refractivity contribution in [1.29, 1.82) is 0 Å². The SMILES string of the molecule is CN1C(=O)NS(=O)(=O)N1Cc1ccc(-n2nc(C(C)(C)C)cc2NC(=O)Nc2ccc3[nH]ccc3c2)cc1.CN1C(=O)NS(=O)(=O)N1Cc1ccc(-n2nc(C(C)(C)C)cc2NC(=O)Nc2ccc3ccccc3n2)cc1.CN1C(=O)NS(=O)(=O)N1Cc1ccc(-n2nc(C(C)(C)C)cc2NC(=O)Nc2nc(-c3ccccc3)cs2)cc1. The molecule has 6 aromatic carbocycles. The fourth-order valence-electron chi connectivity index (χ4n) is 12.0. The number of nitrogens with zero attached hydrogens (tertiary/aromatic N) is 14. The number of para-hydroxylation sites is 1. The van der Waals surface area contributed by atoms with E-state index in [1.54, 1.807) is 92.9 Å². The summed E-state index contributed by atoms with van der Waals surface area (Å²) >= 11 is 1.33. The zero-order valence-corrected chi connectivity index (χ0v) is 68.7. The van der Waals surface area contributed by atoms with Crippen molar-refractivity contribution in [3.05, 3.63) is 227 Å². The Balaban J connectivity index is 0.000000152. The lowest BCUT2D eigenvalue weighted by molar-refractivity contribution is 0.132. The molecule has 3 aliphatic heterocycles. The Hall–Kier alpha value is -13.1. The van der Waals surface area contributed by atoms with Gasteiger partial charge in [0.15, 0.2) is 5.13 Å². The summed E-state index contributed by atoms with van der Waals surface area (Å²) in [7, 11) is -7.66. The first-order valence-corrected chi connectivity index (χ1v) is 41.4. The lowest BCUT2D eigenvalue weighted by atomic mass is 9.92. The number of amides is 12. The molecule has 10 N–H and O–H groups in total. The summed E-state index contributed by atoms with van der Waals surface area (Å²) in [6.07, 6.45) is 1.84. The van der Waals surface area contributed by atoms with E-state index in [9.17, 15) is 54.0 Å². The first-order chi connectivity index (χ1) is 55.2. The minimum atomic E-state index is -3.94. The maximum absolute atomic E-state index is 12.9. The summed E-state index contributed by atoms with van der Waals surface area (Å²) in [5, 5.41) is 38.5. The number of rotatable bonds is 16. The molecule has 15 rings (SSSR count). The molecule has 36 nitrogen and oxygen atoms in total. The molecule has 0 unspecified atom stereocenters. The van der Waals surface area contributed by atoms with Crippen LogP contribution in [0.25, 0.3) is 50.1 Å². The van der Waals surface area contributed by atoms with Crippen LogP contribution in [0.3, 0.4) is 0 Å². The number of anilines is 6. The fourth-order valence-corrected chi connectivity index (χ4v) is 16.2. The summed E-state index contributed by atoms with van der Waals surface area (Å²) in [4.78, 5) is 86.1. The van der Waals surface area contributed by atoms with Gasteiger partial charge in [-0.2, -0.15) is 40.5 Å². The van der Waals surface area contributed by atoms with Gasteiger partial charge in [0, 0.05) is 94.7 Å². The Morgan fingerprint density at radius 3 is 1.23 bits per heavy atom. The van der Waals surface area contributed by atoms with E-state index < -0.39 is 66.8 Å². The smallest absolute Gasteiger partial charge is 0.347 e. The molecule has 3 saturated heterocycles. The van der Waals surface area contributed by atoms with Crippen LogP contribution in [-0.4, -0.2) is 155 Å². The van der Waals surface area contributed by atoms with Crippen LogP contribution < -0.4 is 46.1 Å². The van der Waals surface area contributed by atoms with Gasteiger partial charge in [-0.25, -0.2) is 82.0 Å². The number of hydrogen-bond donors (Lipinski definition) is 10. The van der Waals surface area contributed by atoms with Gasteiger partial charge < -0.3 is 10.3 Å². The predicted molar refractivity (Wildman–Crippen MR) is 445 cm³/mol. The Labute approximate surface area is 677 Å². The van der Waals surface area contributed by atoms with Crippen LogP contribution in [0, 0.1) is 0 Å². The molecule has 6 aromatic heterocycles. The Kier molecular flexibility index (Phi) is 22.6. The predicted octanol–water partition coefficient (Wildman–Crippen LogP) is 12.4. The molecule has 608 valence electrons. The zero-order valence-electron chi connectivity index (χ0n) is 65.4. The van der Waals surface area contributed by atoms with Crippen molar-refractivity contribution in [2.45, 2.75) is 98.2 Å². The highest BCUT2D eigenvalue weighted by molar-refractivity contribution is 7.88. The molecule has 0 radical (unpaired) electrons. The van der Waals surface area contributed by atoms with Gasteiger partial charge in [0.1, 0.15) is 23.3 Å². The Morgan fingerprint density at radius 2 is 0.821 bits per heavy atom. The van der Waals surface area contributed by atoms with Crippen molar-refractivity contribution in [2.24, 2.45) is 0 Å².